The van der Waals surface area contributed by atoms with Gasteiger partial charge in [-0.15, -0.1) is 5.10 Å². The normalized spacial score (nSPS) is 11.1. The Bertz CT molecular complexity index is 1170. The van der Waals surface area contributed by atoms with Crippen molar-refractivity contribution >= 4 is 22.5 Å². The first-order chi connectivity index (χ1) is 13.5. The van der Waals surface area contributed by atoms with Gasteiger partial charge in [0.2, 0.25) is 5.82 Å². The molecule has 0 spiro atoms. The maximum Gasteiger partial charge on any atom is 0.259 e. The predicted molar refractivity (Wildman–Crippen MR) is 103 cm³/mol. The molecule has 0 aliphatic rings. The lowest BCUT2D eigenvalue weighted by Crippen LogP contribution is -2.15. The third-order valence-corrected chi connectivity index (χ3v) is 4.28. The van der Waals surface area contributed by atoms with Crippen LogP contribution in [-0.2, 0) is 0 Å². The van der Waals surface area contributed by atoms with Crippen LogP contribution < -0.4 is 5.32 Å². The molecule has 28 heavy (non-hydrogen) atoms. The zero-order chi connectivity index (χ0) is 19.7. The van der Waals surface area contributed by atoms with E-state index in [4.69, 9.17) is 0 Å². The van der Waals surface area contributed by atoms with Crippen LogP contribution in [0.15, 0.2) is 54.6 Å². The van der Waals surface area contributed by atoms with Crippen LogP contribution >= 0.6 is 0 Å². The van der Waals surface area contributed by atoms with E-state index in [1.807, 2.05) is 32.0 Å². The van der Waals surface area contributed by atoms with Crippen molar-refractivity contribution in [3.8, 4) is 11.5 Å². The fraction of sp³-hybridized carbons (Fsp3) is 0.150. The summed E-state index contributed by atoms with van der Waals surface area (Å²) in [6.45, 7) is 3.90. The summed E-state index contributed by atoms with van der Waals surface area (Å²) in [5.41, 5.74) is 0.466. The Kier molecular flexibility index (Phi) is 4.52. The number of amides is 1. The van der Waals surface area contributed by atoms with Gasteiger partial charge < -0.3 is 5.32 Å². The van der Waals surface area contributed by atoms with Gasteiger partial charge in [-0.2, -0.15) is 0 Å². The maximum atomic E-state index is 14.4. The van der Waals surface area contributed by atoms with Crippen molar-refractivity contribution in [3.05, 3.63) is 66.0 Å². The zero-order valence-electron chi connectivity index (χ0n) is 15.3. The molecule has 4 rings (SSSR count). The summed E-state index contributed by atoms with van der Waals surface area (Å²) < 4.78 is 16.0. The third-order valence-electron chi connectivity index (χ3n) is 4.28. The number of carbonyl (C=O) groups excluding carboxylic acids is 1. The molecule has 0 fully saturated rings. The van der Waals surface area contributed by atoms with Gasteiger partial charge in [-0.1, -0.05) is 30.3 Å². The van der Waals surface area contributed by atoms with Crippen molar-refractivity contribution in [2.75, 3.05) is 5.32 Å². The lowest BCUT2D eigenvalue weighted by Gasteiger charge is -2.10. The van der Waals surface area contributed by atoms with Crippen molar-refractivity contribution in [1.29, 1.82) is 0 Å². The Morgan fingerprint density at radius 3 is 2.57 bits per heavy atom. The third kappa shape index (κ3) is 3.32. The molecule has 7 nitrogen and oxygen atoms in total. The number of carbonyl (C=O) groups is 1. The number of rotatable bonds is 4. The molecule has 140 valence electrons. The van der Waals surface area contributed by atoms with Crippen LogP contribution in [-0.4, -0.2) is 31.1 Å². The molecule has 8 heteroatoms. The molecule has 4 aromatic rings. The molecular formula is C20H17FN6O. The van der Waals surface area contributed by atoms with E-state index in [9.17, 15) is 9.18 Å². The summed E-state index contributed by atoms with van der Waals surface area (Å²) in [6, 6.07) is 15.3. The number of halogens is 1. The van der Waals surface area contributed by atoms with Gasteiger partial charge in [-0.3, -0.25) is 4.79 Å². The van der Waals surface area contributed by atoms with Gasteiger partial charge >= 0.3 is 0 Å². The van der Waals surface area contributed by atoms with E-state index in [1.54, 1.807) is 28.9 Å². The summed E-state index contributed by atoms with van der Waals surface area (Å²) in [5, 5.41) is 15.8. The highest BCUT2D eigenvalue weighted by Crippen LogP contribution is 2.22. The number of anilines is 1. The summed E-state index contributed by atoms with van der Waals surface area (Å²) in [4.78, 5) is 17.0. The van der Waals surface area contributed by atoms with Gasteiger partial charge in [0, 0.05) is 0 Å². The van der Waals surface area contributed by atoms with E-state index in [0.717, 1.165) is 10.8 Å². The molecule has 1 amide bonds. The second-order valence-electron chi connectivity index (χ2n) is 6.58. The predicted octanol–water partition coefficient (Wildman–Crippen LogP) is 3.86. The number of nitrogens with one attached hydrogen (secondary N) is 1. The molecule has 2 heterocycles. The summed E-state index contributed by atoms with van der Waals surface area (Å²) in [7, 11) is 0. The van der Waals surface area contributed by atoms with Gasteiger partial charge in [0.1, 0.15) is 17.3 Å². The molecule has 0 bridgehead atoms. The topological polar surface area (TPSA) is 85.6 Å². The molecule has 2 aromatic carbocycles. The van der Waals surface area contributed by atoms with Crippen LogP contribution in [0.3, 0.4) is 0 Å². The number of hydrogen-bond donors (Lipinski definition) is 1. The van der Waals surface area contributed by atoms with Crippen molar-refractivity contribution in [1.82, 2.24) is 25.2 Å². The fourth-order valence-corrected chi connectivity index (χ4v) is 2.91. The molecule has 0 atom stereocenters. The zero-order valence-corrected chi connectivity index (χ0v) is 15.3. The number of nitrogens with zero attached hydrogens (tertiary/aromatic N) is 5. The number of fused-ring (bicyclic) bond motifs is 1. The Morgan fingerprint density at radius 2 is 1.82 bits per heavy atom. The van der Waals surface area contributed by atoms with Gasteiger partial charge in [-0.25, -0.2) is 14.1 Å². The van der Waals surface area contributed by atoms with Crippen molar-refractivity contribution in [2.45, 2.75) is 19.9 Å². The van der Waals surface area contributed by atoms with E-state index >= 15 is 0 Å². The number of aromatic nitrogens is 5. The van der Waals surface area contributed by atoms with Crippen LogP contribution in [0.1, 0.15) is 30.2 Å². The SMILES string of the molecule is CC(C)n1nnnc1-c1cccc(NC(=O)c2cc3ccccc3cc2F)n1. The molecule has 0 aliphatic heterocycles. The highest BCUT2D eigenvalue weighted by molar-refractivity contribution is 6.06. The first-order valence-electron chi connectivity index (χ1n) is 8.78. The molecule has 2 aromatic heterocycles. The van der Waals surface area contributed by atoms with E-state index in [2.05, 4.69) is 25.8 Å². The standard InChI is InChI=1S/C20H17FN6O/c1-12(2)27-19(24-25-26-27)17-8-5-9-18(22-17)23-20(28)15-10-13-6-3-4-7-14(13)11-16(15)21/h3-12H,1-2H3,(H,22,23,28). The molecule has 0 unspecified atom stereocenters. The summed E-state index contributed by atoms with van der Waals surface area (Å²) in [6.07, 6.45) is 0. The average molecular weight is 376 g/mol. The van der Waals surface area contributed by atoms with E-state index in [-0.39, 0.29) is 17.4 Å². The summed E-state index contributed by atoms with van der Waals surface area (Å²) in [5.74, 6) is -0.385. The molecule has 0 aliphatic carbocycles. The van der Waals surface area contributed by atoms with Crippen molar-refractivity contribution < 1.29 is 9.18 Å². The van der Waals surface area contributed by atoms with Crippen molar-refractivity contribution in [3.63, 3.8) is 0 Å². The Hall–Kier alpha value is -3.68. The van der Waals surface area contributed by atoms with Crippen molar-refractivity contribution in [2.24, 2.45) is 0 Å². The molecule has 0 saturated heterocycles. The molecule has 0 saturated carbocycles. The number of hydrogen-bond acceptors (Lipinski definition) is 5. The average Bonchev–Trinajstić information content (AvgIpc) is 3.18. The van der Waals surface area contributed by atoms with Crippen LogP contribution in [0.4, 0.5) is 10.2 Å². The van der Waals surface area contributed by atoms with Gasteiger partial charge in [-0.05, 0) is 59.3 Å². The van der Waals surface area contributed by atoms with E-state index in [0.29, 0.717) is 11.5 Å². The lowest BCUT2D eigenvalue weighted by molar-refractivity contribution is 0.102. The number of tetrazole rings is 1. The number of pyridine rings is 1. The van der Waals surface area contributed by atoms with E-state index in [1.165, 1.54) is 12.1 Å². The quantitative estimate of drug-likeness (QED) is 0.584. The minimum Gasteiger partial charge on any atom is -0.306 e. The van der Waals surface area contributed by atoms with Crippen LogP contribution in [0.25, 0.3) is 22.3 Å². The minimum atomic E-state index is -0.587. The Balaban J connectivity index is 1.64. The fourth-order valence-electron chi connectivity index (χ4n) is 2.91. The highest BCUT2D eigenvalue weighted by atomic mass is 19.1. The Labute approximate surface area is 160 Å². The molecular weight excluding hydrogens is 359 g/mol. The van der Waals surface area contributed by atoms with Crippen LogP contribution in [0.2, 0.25) is 0 Å². The van der Waals surface area contributed by atoms with E-state index < -0.39 is 11.7 Å². The lowest BCUT2D eigenvalue weighted by atomic mass is 10.1. The molecule has 0 radical (unpaired) electrons. The first-order valence-corrected chi connectivity index (χ1v) is 8.78. The second kappa shape index (κ2) is 7.15. The van der Waals surface area contributed by atoms with Crippen LogP contribution in [0.5, 0.6) is 0 Å². The van der Waals surface area contributed by atoms with Gasteiger partial charge in [0.15, 0.2) is 0 Å². The Morgan fingerprint density at radius 1 is 1.07 bits per heavy atom. The largest absolute Gasteiger partial charge is 0.306 e. The summed E-state index contributed by atoms with van der Waals surface area (Å²) >= 11 is 0. The van der Waals surface area contributed by atoms with Gasteiger partial charge in [0.25, 0.3) is 5.91 Å². The highest BCUT2D eigenvalue weighted by Gasteiger charge is 2.16. The second-order valence-corrected chi connectivity index (χ2v) is 6.58. The maximum absolute atomic E-state index is 14.4. The monoisotopic (exact) mass is 376 g/mol. The number of benzene rings is 2. The van der Waals surface area contributed by atoms with Gasteiger partial charge in [0.05, 0.1) is 11.6 Å². The minimum absolute atomic E-state index is 0.0436. The first kappa shape index (κ1) is 17.7. The van der Waals surface area contributed by atoms with Crippen LogP contribution in [0, 0.1) is 5.82 Å². The molecule has 1 N–H and O–H groups in total. The smallest absolute Gasteiger partial charge is 0.259 e.